The van der Waals surface area contributed by atoms with E-state index in [0.29, 0.717) is 17.9 Å². The lowest BCUT2D eigenvalue weighted by Crippen LogP contribution is -2.01. The van der Waals surface area contributed by atoms with Crippen LogP contribution in [-0.2, 0) is 9.53 Å². The van der Waals surface area contributed by atoms with Crippen molar-refractivity contribution in [2.24, 2.45) is 0 Å². The highest BCUT2D eigenvalue weighted by Crippen LogP contribution is 2.00. The van der Waals surface area contributed by atoms with Crippen LogP contribution in [-0.4, -0.2) is 23.3 Å². The van der Waals surface area contributed by atoms with Crippen LogP contribution in [0.15, 0.2) is 18.3 Å². The molecule has 1 rings (SSSR count). The Hall–Kier alpha value is -2.15. The molecule has 0 atom stereocenters. The van der Waals surface area contributed by atoms with Crippen LogP contribution >= 0.6 is 0 Å². The third-order valence-electron chi connectivity index (χ3n) is 1.92. The van der Waals surface area contributed by atoms with Crippen LogP contribution in [0.2, 0.25) is 0 Å². The first kappa shape index (κ1) is 12.9. The predicted molar refractivity (Wildman–Crippen MR) is 62.4 cm³/mol. The van der Waals surface area contributed by atoms with Gasteiger partial charge in [-0.1, -0.05) is 5.92 Å². The minimum atomic E-state index is -0.347. The number of aromatic nitrogens is 1. The number of pyridine rings is 1. The molecule has 1 aromatic rings. The Bertz CT molecular complexity index is 466. The summed E-state index contributed by atoms with van der Waals surface area (Å²) in [5.74, 6) is 5.00. The average Bonchev–Trinajstić information content (AvgIpc) is 2.30. The fourth-order valence-electron chi connectivity index (χ4n) is 1.10. The number of rotatable bonds is 3. The third-order valence-corrected chi connectivity index (χ3v) is 1.92. The number of hydrogen-bond acceptors (Lipinski definition) is 4. The van der Waals surface area contributed by atoms with E-state index in [1.54, 1.807) is 19.1 Å². The van der Waals surface area contributed by atoms with E-state index >= 15 is 0 Å². The van der Waals surface area contributed by atoms with Gasteiger partial charge < -0.3 is 4.74 Å². The normalized spacial score (nSPS) is 9.06. The van der Waals surface area contributed by atoms with Crippen LogP contribution in [0.3, 0.4) is 0 Å². The molecule has 4 nitrogen and oxygen atoms in total. The summed E-state index contributed by atoms with van der Waals surface area (Å²) in [4.78, 5) is 26.0. The summed E-state index contributed by atoms with van der Waals surface area (Å²) >= 11 is 0. The van der Waals surface area contributed by atoms with Crippen molar-refractivity contribution in [1.29, 1.82) is 0 Å². The molecule has 0 spiro atoms. The molecule has 1 aromatic heterocycles. The number of esters is 1. The Labute approximate surface area is 100 Å². The van der Waals surface area contributed by atoms with Gasteiger partial charge in [-0.3, -0.25) is 9.59 Å². The molecule has 0 aliphatic heterocycles. The topological polar surface area (TPSA) is 56.3 Å². The largest absolute Gasteiger partial charge is 0.465 e. The lowest BCUT2D eigenvalue weighted by atomic mass is 10.2. The van der Waals surface area contributed by atoms with Gasteiger partial charge in [0.2, 0.25) is 0 Å². The molecule has 0 radical (unpaired) electrons. The summed E-state index contributed by atoms with van der Waals surface area (Å²) in [6.07, 6.45) is 1.51. The van der Waals surface area contributed by atoms with Gasteiger partial charge in [0.05, 0.1) is 6.61 Å². The minimum absolute atomic E-state index is 0.0384. The van der Waals surface area contributed by atoms with Crippen molar-refractivity contribution in [1.82, 2.24) is 4.98 Å². The summed E-state index contributed by atoms with van der Waals surface area (Å²) in [6, 6.07) is 3.30. The van der Waals surface area contributed by atoms with E-state index < -0.39 is 0 Å². The smallest absolute Gasteiger partial charge is 0.317 e. The highest BCUT2D eigenvalue weighted by atomic mass is 16.5. The molecular weight excluding hydrogens is 218 g/mol. The van der Waals surface area contributed by atoms with Gasteiger partial charge in [0.25, 0.3) is 0 Å². The number of ketones is 1. The van der Waals surface area contributed by atoms with E-state index in [0.717, 1.165) is 0 Å². The third kappa shape index (κ3) is 4.47. The number of hydrogen-bond donors (Lipinski definition) is 0. The van der Waals surface area contributed by atoms with Gasteiger partial charge in [0.15, 0.2) is 5.78 Å². The zero-order valence-electron chi connectivity index (χ0n) is 9.82. The predicted octanol–water partition coefficient (Wildman–Crippen LogP) is 1.59. The van der Waals surface area contributed by atoms with Gasteiger partial charge in [-0.05, 0) is 31.9 Å². The minimum Gasteiger partial charge on any atom is -0.465 e. The first-order chi connectivity index (χ1) is 8.13. The van der Waals surface area contributed by atoms with Crippen molar-refractivity contribution in [3.63, 3.8) is 0 Å². The molecule has 17 heavy (non-hydrogen) atoms. The van der Waals surface area contributed by atoms with Crippen molar-refractivity contribution < 1.29 is 14.3 Å². The maximum Gasteiger partial charge on any atom is 0.317 e. The summed E-state index contributed by atoms with van der Waals surface area (Å²) in [5, 5.41) is 0. The first-order valence-electron chi connectivity index (χ1n) is 5.25. The summed E-state index contributed by atoms with van der Waals surface area (Å²) in [6.45, 7) is 3.57. The second-order valence-electron chi connectivity index (χ2n) is 3.27. The monoisotopic (exact) mass is 231 g/mol. The highest BCUT2D eigenvalue weighted by molar-refractivity contribution is 5.93. The van der Waals surface area contributed by atoms with Gasteiger partial charge in [0, 0.05) is 11.8 Å². The van der Waals surface area contributed by atoms with Crippen molar-refractivity contribution in [3.05, 3.63) is 29.6 Å². The number of carbonyl (C=O) groups excluding carboxylic acids is 2. The molecule has 0 amide bonds. The van der Waals surface area contributed by atoms with Gasteiger partial charge in [0.1, 0.15) is 12.1 Å². The van der Waals surface area contributed by atoms with Crippen LogP contribution in [0, 0.1) is 11.8 Å². The Balaban J connectivity index is 2.60. The fourth-order valence-corrected chi connectivity index (χ4v) is 1.10. The summed E-state index contributed by atoms with van der Waals surface area (Å²) in [5.41, 5.74) is 1.07. The van der Waals surface area contributed by atoms with Crippen LogP contribution in [0.25, 0.3) is 0 Å². The molecule has 0 aliphatic carbocycles. The molecule has 0 saturated carbocycles. The fraction of sp³-hybridized carbons (Fsp3) is 0.308. The zero-order valence-corrected chi connectivity index (χ0v) is 9.82. The van der Waals surface area contributed by atoms with Crippen LogP contribution in [0.4, 0.5) is 0 Å². The van der Waals surface area contributed by atoms with E-state index in [1.807, 2.05) is 0 Å². The Morgan fingerprint density at radius 2 is 2.18 bits per heavy atom. The van der Waals surface area contributed by atoms with Gasteiger partial charge >= 0.3 is 5.97 Å². The van der Waals surface area contributed by atoms with Gasteiger partial charge in [-0.2, -0.15) is 0 Å². The van der Waals surface area contributed by atoms with E-state index in [1.165, 1.54) is 13.1 Å². The molecule has 0 fully saturated rings. The zero-order chi connectivity index (χ0) is 12.7. The van der Waals surface area contributed by atoms with E-state index in [2.05, 4.69) is 16.8 Å². The van der Waals surface area contributed by atoms with E-state index in [-0.39, 0.29) is 18.2 Å². The standard InChI is InChI=1S/C13H13NO3/c1-3-17-13(16)6-4-5-12-8-7-11(9-14-12)10(2)15/h7-9H,3,6H2,1-2H3. The molecule has 0 aromatic carbocycles. The molecule has 88 valence electrons. The number of Topliss-reactive ketones (excluding diaryl/α,β-unsaturated/α-hetero) is 1. The van der Waals surface area contributed by atoms with E-state index in [4.69, 9.17) is 4.74 Å². The highest BCUT2D eigenvalue weighted by Gasteiger charge is 1.99. The second kappa shape index (κ2) is 6.44. The molecule has 0 N–H and O–H groups in total. The second-order valence-corrected chi connectivity index (χ2v) is 3.27. The van der Waals surface area contributed by atoms with Gasteiger partial charge in [-0.25, -0.2) is 4.98 Å². The molecule has 0 saturated heterocycles. The number of carbonyl (C=O) groups is 2. The molecule has 1 heterocycles. The lowest BCUT2D eigenvalue weighted by molar-refractivity contribution is -0.141. The SMILES string of the molecule is CCOC(=O)CC#Cc1ccc(C(C)=O)cn1. The quantitative estimate of drug-likeness (QED) is 0.450. The molecule has 0 bridgehead atoms. The summed E-state index contributed by atoms with van der Waals surface area (Å²) in [7, 11) is 0. The maximum absolute atomic E-state index is 11.0. The Morgan fingerprint density at radius 3 is 2.71 bits per heavy atom. The van der Waals surface area contributed by atoms with Crippen molar-refractivity contribution in [2.45, 2.75) is 20.3 Å². The molecule has 0 aliphatic rings. The van der Waals surface area contributed by atoms with Gasteiger partial charge in [-0.15, -0.1) is 0 Å². The average molecular weight is 231 g/mol. The van der Waals surface area contributed by atoms with Crippen molar-refractivity contribution in [3.8, 4) is 11.8 Å². The number of ether oxygens (including phenoxy) is 1. The first-order valence-corrected chi connectivity index (χ1v) is 5.25. The molecule has 4 heteroatoms. The maximum atomic E-state index is 11.0. The van der Waals surface area contributed by atoms with Crippen LogP contribution < -0.4 is 0 Å². The Morgan fingerprint density at radius 1 is 1.41 bits per heavy atom. The van der Waals surface area contributed by atoms with Crippen molar-refractivity contribution >= 4 is 11.8 Å². The molecule has 0 unspecified atom stereocenters. The van der Waals surface area contributed by atoms with Crippen LogP contribution in [0.5, 0.6) is 0 Å². The summed E-state index contributed by atoms with van der Waals surface area (Å²) < 4.78 is 4.72. The molecular formula is C13H13NO3. The number of nitrogens with zero attached hydrogens (tertiary/aromatic N) is 1. The van der Waals surface area contributed by atoms with Crippen LogP contribution in [0.1, 0.15) is 36.3 Å². The van der Waals surface area contributed by atoms with E-state index in [9.17, 15) is 9.59 Å². The van der Waals surface area contributed by atoms with Crippen molar-refractivity contribution in [2.75, 3.05) is 6.61 Å². The Kier molecular flexibility index (Phi) is 4.89. The lowest BCUT2D eigenvalue weighted by Gasteiger charge is -1.95.